The van der Waals surface area contributed by atoms with Gasteiger partial charge in [0.05, 0.1) is 0 Å². The average Bonchev–Trinajstić information content (AvgIpc) is 2.69. The van der Waals surface area contributed by atoms with E-state index in [1.165, 1.54) is 5.56 Å². The summed E-state index contributed by atoms with van der Waals surface area (Å²) in [6.45, 7) is 4.81. The van der Waals surface area contributed by atoms with Crippen LogP contribution in [0.25, 0.3) is 0 Å². The lowest BCUT2D eigenvalue weighted by Crippen LogP contribution is -2.53. The first-order chi connectivity index (χ1) is 8.98. The van der Waals surface area contributed by atoms with Crippen LogP contribution in [-0.2, 0) is 6.54 Å². The summed E-state index contributed by atoms with van der Waals surface area (Å²) in [4.78, 5) is 4.75. The fourth-order valence-corrected chi connectivity index (χ4v) is 3.22. The Hall–Kier alpha value is -0.610. The predicted octanol–water partition coefficient (Wildman–Crippen LogP) is 2.19. The summed E-state index contributed by atoms with van der Waals surface area (Å²) in [7, 11) is 4.33. The summed E-state index contributed by atoms with van der Waals surface area (Å²) in [5.41, 5.74) is 7.32. The second kappa shape index (κ2) is 5.80. The average molecular weight is 282 g/mol. The number of benzene rings is 1. The quantitative estimate of drug-likeness (QED) is 0.918. The van der Waals surface area contributed by atoms with Gasteiger partial charge in [0.25, 0.3) is 0 Å². The van der Waals surface area contributed by atoms with E-state index in [0.717, 1.165) is 24.5 Å². The molecule has 106 valence electrons. The Morgan fingerprint density at radius 3 is 2.68 bits per heavy atom. The van der Waals surface area contributed by atoms with Crippen molar-refractivity contribution in [3.05, 3.63) is 34.9 Å². The summed E-state index contributed by atoms with van der Waals surface area (Å²) in [5.74, 6) is 0. The zero-order valence-electron chi connectivity index (χ0n) is 12.1. The van der Waals surface area contributed by atoms with Crippen LogP contribution in [0.1, 0.15) is 18.9 Å². The molecule has 1 aromatic carbocycles. The summed E-state index contributed by atoms with van der Waals surface area (Å²) in [6.07, 6.45) is 1.11. The Morgan fingerprint density at radius 2 is 2.16 bits per heavy atom. The number of hydrogen-bond acceptors (Lipinski definition) is 3. The van der Waals surface area contributed by atoms with Crippen LogP contribution < -0.4 is 5.73 Å². The van der Waals surface area contributed by atoms with Gasteiger partial charge in [0.15, 0.2) is 0 Å². The van der Waals surface area contributed by atoms with E-state index in [1.807, 2.05) is 18.2 Å². The molecule has 2 atom stereocenters. The van der Waals surface area contributed by atoms with Crippen molar-refractivity contribution < 1.29 is 0 Å². The van der Waals surface area contributed by atoms with Gasteiger partial charge in [0, 0.05) is 36.2 Å². The Morgan fingerprint density at radius 1 is 1.47 bits per heavy atom. The molecule has 1 heterocycles. The largest absolute Gasteiger partial charge is 0.329 e. The summed E-state index contributed by atoms with van der Waals surface area (Å²) < 4.78 is 0. The smallest absolute Gasteiger partial charge is 0.0473 e. The number of halogens is 1. The monoisotopic (exact) mass is 281 g/mol. The summed E-state index contributed by atoms with van der Waals surface area (Å²) in [6, 6.07) is 8.62. The highest BCUT2D eigenvalue weighted by Crippen LogP contribution is 2.31. The van der Waals surface area contributed by atoms with Crippen molar-refractivity contribution in [1.29, 1.82) is 0 Å². The fraction of sp³-hybridized carbons (Fsp3) is 0.600. The molecule has 2 unspecified atom stereocenters. The van der Waals surface area contributed by atoms with E-state index in [2.05, 4.69) is 36.9 Å². The van der Waals surface area contributed by atoms with Gasteiger partial charge in [0.2, 0.25) is 0 Å². The Labute approximate surface area is 121 Å². The molecular weight excluding hydrogens is 258 g/mol. The molecule has 0 amide bonds. The van der Waals surface area contributed by atoms with Crippen LogP contribution in [0, 0.1) is 0 Å². The molecule has 0 saturated carbocycles. The van der Waals surface area contributed by atoms with Gasteiger partial charge in [0.1, 0.15) is 0 Å². The van der Waals surface area contributed by atoms with Crippen LogP contribution in [0.15, 0.2) is 24.3 Å². The third-order valence-electron chi connectivity index (χ3n) is 4.53. The van der Waals surface area contributed by atoms with Crippen molar-refractivity contribution in [2.24, 2.45) is 5.73 Å². The molecule has 0 aliphatic carbocycles. The molecule has 0 spiro atoms. The molecular formula is C15H24ClN3. The van der Waals surface area contributed by atoms with Crippen molar-refractivity contribution in [3.63, 3.8) is 0 Å². The third kappa shape index (κ3) is 2.95. The molecule has 1 aliphatic heterocycles. The molecule has 1 saturated heterocycles. The number of likely N-dealkylation sites (N-methyl/N-ethyl adjacent to an activating group) is 2. The van der Waals surface area contributed by atoms with E-state index in [9.17, 15) is 0 Å². The SMILES string of the molecule is CC1CC(CN)(N(C)Cc2ccccc2Cl)CN1C. The van der Waals surface area contributed by atoms with Crippen LogP contribution in [0.4, 0.5) is 0 Å². The molecule has 4 heteroatoms. The van der Waals surface area contributed by atoms with Crippen molar-refractivity contribution in [3.8, 4) is 0 Å². The highest BCUT2D eigenvalue weighted by molar-refractivity contribution is 6.31. The molecule has 2 N–H and O–H groups in total. The van der Waals surface area contributed by atoms with Gasteiger partial charge in [-0.05, 0) is 39.1 Å². The number of nitrogens with two attached hydrogens (primary N) is 1. The molecule has 0 bridgehead atoms. The minimum absolute atomic E-state index is 0.0628. The normalized spacial score (nSPS) is 28.2. The van der Waals surface area contributed by atoms with E-state index in [0.29, 0.717) is 12.6 Å². The van der Waals surface area contributed by atoms with Crippen LogP contribution in [0.2, 0.25) is 5.02 Å². The second-order valence-electron chi connectivity index (χ2n) is 5.84. The number of nitrogens with zero attached hydrogens (tertiary/aromatic N) is 2. The molecule has 1 aliphatic rings. The first kappa shape index (κ1) is 14.8. The van der Waals surface area contributed by atoms with Crippen LogP contribution >= 0.6 is 11.6 Å². The lowest BCUT2D eigenvalue weighted by Gasteiger charge is -2.38. The maximum Gasteiger partial charge on any atom is 0.0473 e. The highest BCUT2D eigenvalue weighted by atomic mass is 35.5. The van der Waals surface area contributed by atoms with Crippen molar-refractivity contribution in [2.45, 2.75) is 31.5 Å². The summed E-state index contributed by atoms with van der Waals surface area (Å²) in [5, 5.41) is 0.834. The number of rotatable bonds is 4. The molecule has 3 nitrogen and oxygen atoms in total. The van der Waals surface area contributed by atoms with Gasteiger partial charge in [-0.15, -0.1) is 0 Å². The Bertz CT molecular complexity index is 425. The molecule has 1 fully saturated rings. The van der Waals surface area contributed by atoms with E-state index in [1.54, 1.807) is 0 Å². The van der Waals surface area contributed by atoms with Gasteiger partial charge in [-0.1, -0.05) is 29.8 Å². The number of likely N-dealkylation sites (tertiary alicyclic amines) is 1. The van der Waals surface area contributed by atoms with Crippen LogP contribution in [-0.4, -0.2) is 48.6 Å². The molecule has 1 aromatic rings. The third-order valence-corrected chi connectivity index (χ3v) is 4.90. The fourth-order valence-electron chi connectivity index (χ4n) is 3.02. The van der Waals surface area contributed by atoms with Crippen molar-refractivity contribution in [2.75, 3.05) is 27.2 Å². The maximum atomic E-state index is 6.25. The number of hydrogen-bond donors (Lipinski definition) is 1. The van der Waals surface area contributed by atoms with Crippen LogP contribution in [0.5, 0.6) is 0 Å². The standard InChI is InChI=1S/C15H24ClN3/c1-12-8-15(10-17,11-18(12)2)19(3)9-13-6-4-5-7-14(13)16/h4-7,12H,8-11,17H2,1-3H3. The van der Waals surface area contributed by atoms with Crippen molar-refractivity contribution >= 4 is 11.6 Å². The van der Waals surface area contributed by atoms with Gasteiger partial charge in [-0.2, -0.15) is 0 Å². The summed E-state index contributed by atoms with van der Waals surface area (Å²) >= 11 is 6.25. The Balaban J connectivity index is 2.14. The van der Waals surface area contributed by atoms with E-state index < -0.39 is 0 Å². The molecule has 2 rings (SSSR count). The lowest BCUT2D eigenvalue weighted by atomic mass is 9.94. The van der Waals surface area contributed by atoms with Gasteiger partial charge >= 0.3 is 0 Å². The van der Waals surface area contributed by atoms with Gasteiger partial charge in [-0.3, -0.25) is 4.90 Å². The zero-order chi connectivity index (χ0) is 14.0. The van der Waals surface area contributed by atoms with E-state index >= 15 is 0 Å². The van der Waals surface area contributed by atoms with E-state index in [4.69, 9.17) is 17.3 Å². The zero-order valence-corrected chi connectivity index (χ0v) is 12.8. The molecule has 19 heavy (non-hydrogen) atoms. The van der Waals surface area contributed by atoms with Gasteiger partial charge in [-0.25, -0.2) is 0 Å². The minimum atomic E-state index is 0.0628. The first-order valence-corrected chi connectivity index (χ1v) is 7.21. The highest BCUT2D eigenvalue weighted by Gasteiger charge is 2.42. The first-order valence-electron chi connectivity index (χ1n) is 6.83. The molecule has 0 radical (unpaired) electrons. The second-order valence-corrected chi connectivity index (χ2v) is 6.25. The van der Waals surface area contributed by atoms with Crippen LogP contribution in [0.3, 0.4) is 0 Å². The molecule has 0 aromatic heterocycles. The maximum absolute atomic E-state index is 6.25. The van der Waals surface area contributed by atoms with Gasteiger partial charge < -0.3 is 10.6 Å². The topological polar surface area (TPSA) is 32.5 Å². The van der Waals surface area contributed by atoms with E-state index in [-0.39, 0.29) is 5.54 Å². The predicted molar refractivity (Wildman–Crippen MR) is 81.4 cm³/mol. The minimum Gasteiger partial charge on any atom is -0.329 e. The Kier molecular flexibility index (Phi) is 4.51. The lowest BCUT2D eigenvalue weighted by molar-refractivity contribution is 0.126. The van der Waals surface area contributed by atoms with Crippen molar-refractivity contribution in [1.82, 2.24) is 9.80 Å².